The zero-order valence-electron chi connectivity index (χ0n) is 16.2. The summed E-state index contributed by atoms with van der Waals surface area (Å²) in [5, 5.41) is 0.154. The molecule has 0 radical (unpaired) electrons. The average molecular weight is 413 g/mol. The number of imidazole rings is 1. The first-order valence-electron chi connectivity index (χ1n) is 9.87. The number of nitrogens with zero attached hydrogens (tertiary/aromatic N) is 4. The molecule has 7 heteroatoms. The van der Waals surface area contributed by atoms with E-state index in [0.717, 1.165) is 30.8 Å². The van der Waals surface area contributed by atoms with Crippen molar-refractivity contribution in [3.8, 4) is 11.4 Å². The normalized spacial score (nSPS) is 21.2. The second-order valence-electron chi connectivity index (χ2n) is 8.19. The number of hydrogen-bond acceptors (Lipinski definition) is 3. The van der Waals surface area contributed by atoms with Crippen molar-refractivity contribution in [1.29, 1.82) is 0 Å². The molecule has 2 bridgehead atoms. The number of aromatic nitrogens is 3. The van der Waals surface area contributed by atoms with Crippen molar-refractivity contribution in [3.63, 3.8) is 0 Å². The molecule has 150 valence electrons. The molecule has 0 amide bonds. The zero-order chi connectivity index (χ0) is 20.1. The predicted molar refractivity (Wildman–Crippen MR) is 110 cm³/mol. The quantitative estimate of drug-likeness (QED) is 0.659. The molecule has 3 aromatic rings. The van der Waals surface area contributed by atoms with Crippen LogP contribution >= 0.6 is 11.6 Å². The fourth-order valence-corrected chi connectivity index (χ4v) is 4.98. The molecule has 0 N–H and O–H groups in total. The predicted octanol–water partition coefficient (Wildman–Crippen LogP) is 3.66. The van der Waals surface area contributed by atoms with E-state index in [1.165, 1.54) is 6.07 Å². The number of piperidine rings is 1. The van der Waals surface area contributed by atoms with Crippen LogP contribution in [0.25, 0.3) is 11.4 Å². The van der Waals surface area contributed by atoms with Gasteiger partial charge in [-0.1, -0.05) is 17.7 Å². The molecule has 1 aromatic carbocycles. The molecule has 1 fully saturated rings. The molecule has 2 aromatic heterocycles. The lowest BCUT2D eigenvalue weighted by Crippen LogP contribution is -2.47. The number of rotatable bonds is 3. The Morgan fingerprint density at radius 1 is 1.21 bits per heavy atom. The summed E-state index contributed by atoms with van der Waals surface area (Å²) in [4.78, 5) is 19.9. The molecule has 2 aliphatic rings. The molecule has 4 heterocycles. The Hall–Kier alpha value is -2.44. The smallest absolute Gasteiger partial charge is 0.261 e. The highest BCUT2D eigenvalue weighted by molar-refractivity contribution is 6.30. The third kappa shape index (κ3) is 3.30. The zero-order valence-corrected chi connectivity index (χ0v) is 16.9. The average Bonchev–Trinajstić information content (AvgIpc) is 3.11. The number of aryl methyl sites for hydroxylation is 1. The van der Waals surface area contributed by atoms with E-state index in [2.05, 4.69) is 16.0 Å². The van der Waals surface area contributed by atoms with Gasteiger partial charge in [0.15, 0.2) is 0 Å². The highest BCUT2D eigenvalue weighted by Gasteiger charge is 2.35. The maximum Gasteiger partial charge on any atom is 0.261 e. The monoisotopic (exact) mass is 412 g/mol. The van der Waals surface area contributed by atoms with E-state index >= 15 is 0 Å². The van der Waals surface area contributed by atoms with E-state index in [4.69, 9.17) is 11.6 Å². The minimum Gasteiger partial charge on any atom is -0.334 e. The van der Waals surface area contributed by atoms with Gasteiger partial charge in [-0.3, -0.25) is 9.69 Å². The molecule has 29 heavy (non-hydrogen) atoms. The van der Waals surface area contributed by atoms with Gasteiger partial charge in [0.2, 0.25) is 0 Å². The van der Waals surface area contributed by atoms with Crippen LogP contribution in [0.4, 0.5) is 4.39 Å². The third-order valence-electron chi connectivity index (χ3n) is 6.13. The topological polar surface area (TPSA) is 43.1 Å². The van der Waals surface area contributed by atoms with E-state index < -0.39 is 0 Å². The minimum absolute atomic E-state index is 0.0414. The number of benzene rings is 1. The molecule has 0 spiro atoms. The maximum atomic E-state index is 13.8. The fourth-order valence-electron chi connectivity index (χ4n) is 4.87. The van der Waals surface area contributed by atoms with E-state index in [1.807, 2.05) is 34.5 Å². The lowest BCUT2D eigenvalue weighted by atomic mass is 9.82. The minimum atomic E-state index is -0.375. The third-order valence-corrected chi connectivity index (χ3v) is 6.44. The Bertz CT molecular complexity index is 1140. The highest BCUT2D eigenvalue weighted by Crippen LogP contribution is 2.36. The van der Waals surface area contributed by atoms with Gasteiger partial charge in [-0.2, -0.15) is 0 Å². The largest absolute Gasteiger partial charge is 0.334 e. The molecule has 0 aliphatic carbocycles. The lowest BCUT2D eigenvalue weighted by molar-refractivity contribution is 0.114. The van der Waals surface area contributed by atoms with Crippen molar-refractivity contribution in [2.45, 2.75) is 25.4 Å². The fraction of sp³-hybridized carbons (Fsp3) is 0.364. The molecule has 5 rings (SSSR count). The van der Waals surface area contributed by atoms with E-state index in [9.17, 15) is 9.18 Å². The van der Waals surface area contributed by atoms with Crippen LogP contribution in [0.5, 0.6) is 0 Å². The second-order valence-corrected chi connectivity index (χ2v) is 8.60. The van der Waals surface area contributed by atoms with Crippen molar-refractivity contribution >= 4 is 11.6 Å². The Morgan fingerprint density at radius 3 is 2.83 bits per heavy atom. The summed E-state index contributed by atoms with van der Waals surface area (Å²) in [6.45, 7) is 3.17. The van der Waals surface area contributed by atoms with Crippen molar-refractivity contribution < 1.29 is 4.39 Å². The Kier molecular flexibility index (Phi) is 4.56. The van der Waals surface area contributed by atoms with E-state index in [0.29, 0.717) is 36.3 Å². The number of likely N-dealkylation sites (tertiary alicyclic amines) is 1. The van der Waals surface area contributed by atoms with Crippen LogP contribution in [-0.2, 0) is 20.1 Å². The van der Waals surface area contributed by atoms with Crippen LogP contribution in [0.2, 0.25) is 5.02 Å². The van der Waals surface area contributed by atoms with Gasteiger partial charge in [0.25, 0.3) is 5.56 Å². The summed E-state index contributed by atoms with van der Waals surface area (Å²) in [5.74, 6) is 1.04. The number of pyridine rings is 1. The summed E-state index contributed by atoms with van der Waals surface area (Å²) >= 11 is 5.80. The maximum absolute atomic E-state index is 13.8. The Balaban J connectivity index is 1.42. The van der Waals surface area contributed by atoms with Gasteiger partial charge in [0.05, 0.1) is 10.6 Å². The SMILES string of the molecule is Cn1ccnc1-c1ccc2n(c1=O)C[C@H]1C[C@@H]2CN(Cc2ccc(Cl)c(F)c2)C1. The van der Waals surface area contributed by atoms with Crippen molar-refractivity contribution in [2.24, 2.45) is 13.0 Å². The molecule has 2 atom stereocenters. The van der Waals surface area contributed by atoms with Crippen LogP contribution < -0.4 is 5.56 Å². The van der Waals surface area contributed by atoms with Crippen LogP contribution in [0.1, 0.15) is 23.6 Å². The van der Waals surface area contributed by atoms with Gasteiger partial charge in [0, 0.05) is 57.2 Å². The van der Waals surface area contributed by atoms with Crippen molar-refractivity contribution in [2.75, 3.05) is 13.1 Å². The highest BCUT2D eigenvalue weighted by atomic mass is 35.5. The number of fused-ring (bicyclic) bond motifs is 4. The Morgan fingerprint density at radius 2 is 2.07 bits per heavy atom. The van der Waals surface area contributed by atoms with Crippen molar-refractivity contribution in [3.05, 3.63) is 75.2 Å². The van der Waals surface area contributed by atoms with Gasteiger partial charge in [0.1, 0.15) is 11.6 Å². The first kappa shape index (κ1) is 18.6. The Labute approximate surface area is 173 Å². The first-order chi connectivity index (χ1) is 14.0. The van der Waals surface area contributed by atoms with Crippen molar-refractivity contribution in [1.82, 2.24) is 19.0 Å². The molecular weight excluding hydrogens is 391 g/mol. The van der Waals surface area contributed by atoms with Gasteiger partial charge in [-0.15, -0.1) is 0 Å². The molecule has 2 aliphatic heterocycles. The molecular formula is C22H22ClFN4O. The van der Waals surface area contributed by atoms with Gasteiger partial charge >= 0.3 is 0 Å². The van der Waals surface area contributed by atoms with E-state index in [-0.39, 0.29) is 16.4 Å². The first-order valence-corrected chi connectivity index (χ1v) is 10.2. The van der Waals surface area contributed by atoms with Crippen LogP contribution in [0.15, 0.2) is 47.5 Å². The van der Waals surface area contributed by atoms with Crippen LogP contribution in [-0.4, -0.2) is 32.1 Å². The van der Waals surface area contributed by atoms with Crippen LogP contribution in [0.3, 0.4) is 0 Å². The standard InChI is InChI=1S/C22H22ClFN4O/c1-26-7-6-25-21(26)17-3-5-20-16-8-15(12-28(20)22(17)29)11-27(13-16)10-14-2-4-18(23)19(24)9-14/h2-7,9,15-16H,8,10-13H2,1H3/t15-,16+/m0/s1. The van der Waals surface area contributed by atoms with Gasteiger partial charge in [-0.25, -0.2) is 9.37 Å². The number of hydrogen-bond donors (Lipinski definition) is 0. The molecule has 0 unspecified atom stereocenters. The summed E-state index contributed by atoms with van der Waals surface area (Å²) in [5.41, 5.74) is 2.71. The molecule has 0 saturated carbocycles. The molecule has 5 nitrogen and oxygen atoms in total. The van der Waals surface area contributed by atoms with Gasteiger partial charge < -0.3 is 9.13 Å². The summed E-state index contributed by atoms with van der Waals surface area (Å²) < 4.78 is 17.6. The summed E-state index contributed by atoms with van der Waals surface area (Å²) in [6.07, 6.45) is 4.66. The summed E-state index contributed by atoms with van der Waals surface area (Å²) in [6, 6.07) is 9.00. The van der Waals surface area contributed by atoms with E-state index in [1.54, 1.807) is 12.3 Å². The van der Waals surface area contributed by atoms with Crippen LogP contribution in [0, 0.1) is 11.7 Å². The van der Waals surface area contributed by atoms with Gasteiger partial charge in [-0.05, 0) is 42.2 Å². The molecule has 1 saturated heterocycles. The lowest BCUT2D eigenvalue weighted by Gasteiger charge is -2.43. The summed E-state index contributed by atoms with van der Waals surface area (Å²) in [7, 11) is 1.90. The second kappa shape index (κ2) is 7.11. The number of halogens is 2.